The first kappa shape index (κ1) is 12.9. The minimum atomic E-state index is -0.469. The molecule has 0 aliphatic carbocycles. The lowest BCUT2D eigenvalue weighted by Crippen LogP contribution is -1.97. The number of aryl methyl sites for hydroxylation is 1. The van der Waals surface area contributed by atoms with Gasteiger partial charge in [-0.2, -0.15) is 4.98 Å². The lowest BCUT2D eigenvalue weighted by atomic mass is 10.2. The fourth-order valence-corrected chi connectivity index (χ4v) is 1.74. The van der Waals surface area contributed by atoms with Crippen LogP contribution in [0.15, 0.2) is 24.3 Å². The van der Waals surface area contributed by atoms with Crippen molar-refractivity contribution in [1.29, 1.82) is 0 Å². The molecule has 0 fully saturated rings. The standard InChI is InChI=1S/C12H9Cl2FN2O/c1-6-3-2-4-9(10(6)15)18-12-8(14)5-7(13)11(16)17-12/h2-5H,1H3,(H2,16,17). The zero-order valence-electron chi connectivity index (χ0n) is 9.38. The molecule has 94 valence electrons. The fraction of sp³-hybridized carbons (Fsp3) is 0.0833. The van der Waals surface area contributed by atoms with Gasteiger partial charge in [-0.25, -0.2) is 4.39 Å². The van der Waals surface area contributed by atoms with Gasteiger partial charge in [0, 0.05) is 0 Å². The highest BCUT2D eigenvalue weighted by atomic mass is 35.5. The molecular weight excluding hydrogens is 278 g/mol. The normalized spacial score (nSPS) is 10.4. The summed E-state index contributed by atoms with van der Waals surface area (Å²) >= 11 is 11.6. The molecule has 0 radical (unpaired) electrons. The van der Waals surface area contributed by atoms with Crippen molar-refractivity contribution in [3.63, 3.8) is 0 Å². The number of nitrogens with zero attached hydrogens (tertiary/aromatic N) is 1. The highest BCUT2D eigenvalue weighted by Gasteiger charge is 2.12. The van der Waals surface area contributed by atoms with Gasteiger partial charge < -0.3 is 10.5 Å². The van der Waals surface area contributed by atoms with E-state index in [2.05, 4.69) is 4.98 Å². The predicted molar refractivity (Wildman–Crippen MR) is 69.9 cm³/mol. The number of nitrogen functional groups attached to an aromatic ring is 1. The molecule has 6 heteroatoms. The van der Waals surface area contributed by atoms with Gasteiger partial charge >= 0.3 is 0 Å². The Bertz CT molecular complexity index is 605. The van der Waals surface area contributed by atoms with Gasteiger partial charge in [-0.15, -0.1) is 0 Å². The number of hydrogen-bond acceptors (Lipinski definition) is 3. The summed E-state index contributed by atoms with van der Waals surface area (Å²) < 4.78 is 19.0. The van der Waals surface area contributed by atoms with Gasteiger partial charge in [0.25, 0.3) is 0 Å². The molecule has 2 aromatic rings. The molecule has 0 unspecified atom stereocenters. The molecule has 18 heavy (non-hydrogen) atoms. The molecule has 0 atom stereocenters. The van der Waals surface area contributed by atoms with Crippen molar-refractivity contribution >= 4 is 29.0 Å². The average molecular weight is 287 g/mol. The first-order valence-corrected chi connectivity index (χ1v) is 5.79. The second kappa shape index (κ2) is 5.00. The van der Waals surface area contributed by atoms with Gasteiger partial charge in [-0.3, -0.25) is 0 Å². The van der Waals surface area contributed by atoms with E-state index in [-0.39, 0.29) is 27.5 Å². The van der Waals surface area contributed by atoms with E-state index in [1.54, 1.807) is 19.1 Å². The summed E-state index contributed by atoms with van der Waals surface area (Å²) in [6.07, 6.45) is 0. The van der Waals surface area contributed by atoms with E-state index in [1.807, 2.05) is 0 Å². The smallest absolute Gasteiger partial charge is 0.240 e. The van der Waals surface area contributed by atoms with Gasteiger partial charge in [0.05, 0.1) is 5.02 Å². The Hall–Kier alpha value is -1.52. The van der Waals surface area contributed by atoms with Crippen LogP contribution < -0.4 is 10.5 Å². The summed E-state index contributed by atoms with van der Waals surface area (Å²) in [6.45, 7) is 1.63. The Morgan fingerprint density at radius 3 is 2.72 bits per heavy atom. The Labute approximate surface area is 113 Å². The van der Waals surface area contributed by atoms with Crippen molar-refractivity contribution in [3.05, 3.63) is 45.7 Å². The van der Waals surface area contributed by atoms with Crippen LogP contribution in [0.1, 0.15) is 5.56 Å². The molecule has 0 saturated heterocycles. The molecule has 0 aliphatic rings. The van der Waals surface area contributed by atoms with Crippen molar-refractivity contribution in [3.8, 4) is 11.6 Å². The van der Waals surface area contributed by atoms with E-state index in [0.29, 0.717) is 5.56 Å². The largest absolute Gasteiger partial charge is 0.434 e. The first-order valence-electron chi connectivity index (χ1n) is 5.03. The van der Waals surface area contributed by atoms with Crippen LogP contribution >= 0.6 is 23.2 Å². The Morgan fingerprint density at radius 2 is 2.00 bits per heavy atom. The molecule has 0 aliphatic heterocycles. The van der Waals surface area contributed by atoms with Crippen molar-refractivity contribution in [2.45, 2.75) is 6.92 Å². The number of nitrogens with two attached hydrogens (primary N) is 1. The Morgan fingerprint density at radius 1 is 1.28 bits per heavy atom. The molecule has 1 heterocycles. The van der Waals surface area contributed by atoms with Crippen LogP contribution in [0.2, 0.25) is 10.0 Å². The lowest BCUT2D eigenvalue weighted by molar-refractivity contribution is 0.426. The maximum Gasteiger partial charge on any atom is 0.240 e. The topological polar surface area (TPSA) is 48.1 Å². The zero-order valence-corrected chi connectivity index (χ0v) is 10.9. The third-order valence-corrected chi connectivity index (χ3v) is 2.86. The van der Waals surface area contributed by atoms with Gasteiger partial charge in [0.2, 0.25) is 5.88 Å². The Balaban J connectivity index is 2.40. The van der Waals surface area contributed by atoms with E-state index >= 15 is 0 Å². The summed E-state index contributed by atoms with van der Waals surface area (Å²) in [4.78, 5) is 3.86. The summed E-state index contributed by atoms with van der Waals surface area (Å²) in [5.74, 6) is -0.345. The van der Waals surface area contributed by atoms with Crippen molar-refractivity contribution in [2.75, 3.05) is 5.73 Å². The average Bonchev–Trinajstić information content (AvgIpc) is 2.32. The van der Waals surface area contributed by atoms with Crippen LogP contribution in [-0.2, 0) is 0 Å². The maximum absolute atomic E-state index is 13.7. The van der Waals surface area contributed by atoms with E-state index in [1.165, 1.54) is 12.1 Å². The van der Waals surface area contributed by atoms with Crippen LogP contribution in [0.5, 0.6) is 11.6 Å². The van der Waals surface area contributed by atoms with Crippen LogP contribution in [0.3, 0.4) is 0 Å². The number of benzene rings is 1. The molecule has 2 rings (SSSR count). The fourth-order valence-electron chi connectivity index (χ4n) is 1.34. The molecule has 0 saturated carbocycles. The molecule has 0 bridgehead atoms. The van der Waals surface area contributed by atoms with Gasteiger partial charge in [0.15, 0.2) is 11.6 Å². The predicted octanol–water partition coefficient (Wildman–Crippen LogP) is 4.21. The number of pyridine rings is 1. The first-order chi connectivity index (χ1) is 8.49. The molecule has 0 amide bonds. The van der Waals surface area contributed by atoms with Gasteiger partial charge in [0.1, 0.15) is 10.8 Å². The van der Waals surface area contributed by atoms with E-state index < -0.39 is 5.82 Å². The van der Waals surface area contributed by atoms with Crippen LogP contribution in [0, 0.1) is 12.7 Å². The third kappa shape index (κ3) is 2.49. The summed E-state index contributed by atoms with van der Waals surface area (Å²) in [5, 5.41) is 0.382. The van der Waals surface area contributed by atoms with Crippen LogP contribution in [0.4, 0.5) is 10.2 Å². The lowest BCUT2D eigenvalue weighted by Gasteiger charge is -2.09. The van der Waals surface area contributed by atoms with Crippen molar-refractivity contribution < 1.29 is 9.13 Å². The van der Waals surface area contributed by atoms with E-state index in [0.717, 1.165) is 0 Å². The van der Waals surface area contributed by atoms with Crippen LogP contribution in [-0.4, -0.2) is 4.98 Å². The van der Waals surface area contributed by atoms with Crippen molar-refractivity contribution in [1.82, 2.24) is 4.98 Å². The Kier molecular flexibility index (Phi) is 3.59. The molecule has 2 N–H and O–H groups in total. The summed E-state index contributed by atoms with van der Waals surface area (Å²) in [7, 11) is 0. The number of halogens is 3. The quantitative estimate of drug-likeness (QED) is 0.900. The number of ether oxygens (including phenoxy) is 1. The van der Waals surface area contributed by atoms with Gasteiger partial charge in [-0.1, -0.05) is 35.3 Å². The summed E-state index contributed by atoms with van der Waals surface area (Å²) in [6, 6.07) is 6.17. The number of anilines is 1. The van der Waals surface area contributed by atoms with E-state index in [4.69, 9.17) is 33.7 Å². The second-order valence-corrected chi connectivity index (χ2v) is 4.45. The summed E-state index contributed by atoms with van der Waals surface area (Å²) in [5.41, 5.74) is 6.00. The number of rotatable bonds is 2. The third-order valence-electron chi connectivity index (χ3n) is 2.29. The minimum Gasteiger partial charge on any atom is -0.434 e. The monoisotopic (exact) mass is 286 g/mol. The molecular formula is C12H9Cl2FN2O. The molecule has 3 nitrogen and oxygen atoms in total. The zero-order chi connectivity index (χ0) is 13.3. The highest BCUT2D eigenvalue weighted by Crippen LogP contribution is 2.33. The molecule has 1 aromatic carbocycles. The number of hydrogen-bond donors (Lipinski definition) is 1. The van der Waals surface area contributed by atoms with Gasteiger partial charge in [-0.05, 0) is 24.6 Å². The minimum absolute atomic E-state index is 0.0167. The SMILES string of the molecule is Cc1cccc(Oc2nc(N)c(Cl)cc2Cl)c1F. The maximum atomic E-state index is 13.7. The van der Waals surface area contributed by atoms with Crippen molar-refractivity contribution in [2.24, 2.45) is 0 Å². The highest BCUT2D eigenvalue weighted by molar-refractivity contribution is 6.36. The van der Waals surface area contributed by atoms with Crippen LogP contribution in [0.25, 0.3) is 0 Å². The second-order valence-electron chi connectivity index (χ2n) is 3.63. The molecule has 1 aromatic heterocycles. The number of aromatic nitrogens is 1. The van der Waals surface area contributed by atoms with E-state index in [9.17, 15) is 4.39 Å². The molecule has 0 spiro atoms.